The fourth-order valence-electron chi connectivity index (χ4n) is 1.73. The molecule has 0 saturated carbocycles. The van der Waals surface area contributed by atoms with Crippen molar-refractivity contribution >= 4 is 11.8 Å². The highest BCUT2D eigenvalue weighted by atomic mass is 16.4. The van der Waals surface area contributed by atoms with Gasteiger partial charge in [0.05, 0.1) is 0 Å². The normalized spacial score (nSPS) is 10.7. The Morgan fingerprint density at radius 2 is 2.05 bits per heavy atom. The van der Waals surface area contributed by atoms with Crippen LogP contribution in [0.4, 0.5) is 5.82 Å². The molecule has 1 aromatic heterocycles. The molecule has 5 heteroatoms. The Morgan fingerprint density at radius 1 is 1.32 bits per heavy atom. The van der Waals surface area contributed by atoms with Crippen molar-refractivity contribution in [3.8, 4) is 0 Å². The molecule has 0 spiro atoms. The van der Waals surface area contributed by atoms with E-state index in [2.05, 4.69) is 29.1 Å². The van der Waals surface area contributed by atoms with Gasteiger partial charge in [0.25, 0.3) is 0 Å². The molecule has 0 amide bonds. The third kappa shape index (κ3) is 6.18. The molecule has 0 aliphatic rings. The van der Waals surface area contributed by atoms with Crippen LogP contribution in [0, 0.1) is 6.92 Å². The fraction of sp³-hybridized carbons (Fsp3) is 0.643. The maximum Gasteiger partial charge on any atom is 0.303 e. The summed E-state index contributed by atoms with van der Waals surface area (Å²) < 4.78 is 0. The van der Waals surface area contributed by atoms with Crippen molar-refractivity contribution in [3.63, 3.8) is 0 Å². The molecule has 1 heterocycles. The van der Waals surface area contributed by atoms with Crippen molar-refractivity contribution in [3.05, 3.63) is 17.6 Å². The standard InChI is InChI=1S/C14H23N3O2/c1-10(2)14-16-11(3)9-12(17-14)15-8-6-4-5-7-13(18)19/h9-10H,4-8H2,1-3H3,(H,18,19)(H,15,16,17). The highest BCUT2D eigenvalue weighted by molar-refractivity contribution is 5.66. The first-order valence-electron chi connectivity index (χ1n) is 6.80. The third-order valence-electron chi connectivity index (χ3n) is 2.76. The van der Waals surface area contributed by atoms with Crippen LogP contribution in [0.25, 0.3) is 0 Å². The van der Waals surface area contributed by atoms with E-state index in [1.165, 1.54) is 0 Å². The van der Waals surface area contributed by atoms with Gasteiger partial charge in [0.2, 0.25) is 0 Å². The minimum absolute atomic E-state index is 0.254. The number of hydrogen-bond donors (Lipinski definition) is 2. The topological polar surface area (TPSA) is 75.1 Å². The van der Waals surface area contributed by atoms with Gasteiger partial charge in [-0.2, -0.15) is 0 Å². The molecular formula is C14H23N3O2. The molecule has 2 N–H and O–H groups in total. The summed E-state index contributed by atoms with van der Waals surface area (Å²) in [6.07, 6.45) is 2.86. The second-order valence-corrected chi connectivity index (χ2v) is 5.04. The van der Waals surface area contributed by atoms with Gasteiger partial charge in [0, 0.05) is 30.6 Å². The number of carbonyl (C=O) groups is 1. The van der Waals surface area contributed by atoms with Gasteiger partial charge in [0.1, 0.15) is 11.6 Å². The molecule has 0 fully saturated rings. The lowest BCUT2D eigenvalue weighted by molar-refractivity contribution is -0.137. The number of aliphatic carboxylic acids is 1. The number of rotatable bonds is 8. The van der Waals surface area contributed by atoms with Gasteiger partial charge in [-0.25, -0.2) is 9.97 Å². The summed E-state index contributed by atoms with van der Waals surface area (Å²) in [7, 11) is 0. The van der Waals surface area contributed by atoms with E-state index in [9.17, 15) is 4.79 Å². The predicted molar refractivity (Wildman–Crippen MR) is 75.5 cm³/mol. The Balaban J connectivity index is 2.35. The van der Waals surface area contributed by atoms with Crippen LogP contribution in [0.2, 0.25) is 0 Å². The van der Waals surface area contributed by atoms with E-state index in [4.69, 9.17) is 5.11 Å². The first-order chi connectivity index (χ1) is 8.99. The number of aromatic nitrogens is 2. The van der Waals surface area contributed by atoms with E-state index in [0.29, 0.717) is 5.92 Å². The number of unbranched alkanes of at least 4 members (excludes halogenated alkanes) is 2. The number of hydrogen-bond acceptors (Lipinski definition) is 4. The van der Waals surface area contributed by atoms with Gasteiger partial charge >= 0.3 is 5.97 Å². The summed E-state index contributed by atoms with van der Waals surface area (Å²) >= 11 is 0. The number of aryl methyl sites for hydroxylation is 1. The molecule has 0 aromatic carbocycles. The fourth-order valence-corrected chi connectivity index (χ4v) is 1.73. The van der Waals surface area contributed by atoms with Gasteiger partial charge in [-0.3, -0.25) is 4.79 Å². The molecular weight excluding hydrogens is 242 g/mol. The zero-order valence-corrected chi connectivity index (χ0v) is 11.9. The lowest BCUT2D eigenvalue weighted by atomic mass is 10.2. The largest absolute Gasteiger partial charge is 0.481 e. The lowest BCUT2D eigenvalue weighted by Gasteiger charge is -2.10. The van der Waals surface area contributed by atoms with Crippen molar-refractivity contribution in [2.45, 2.75) is 52.4 Å². The zero-order chi connectivity index (χ0) is 14.3. The average molecular weight is 265 g/mol. The van der Waals surface area contributed by atoms with Crippen molar-refractivity contribution < 1.29 is 9.90 Å². The molecule has 0 aliphatic heterocycles. The Hall–Kier alpha value is -1.65. The molecule has 1 rings (SSSR count). The Bertz CT molecular complexity index is 419. The minimum Gasteiger partial charge on any atom is -0.481 e. The molecule has 0 atom stereocenters. The number of anilines is 1. The zero-order valence-electron chi connectivity index (χ0n) is 11.9. The van der Waals surface area contributed by atoms with E-state index in [0.717, 1.165) is 43.1 Å². The smallest absolute Gasteiger partial charge is 0.303 e. The predicted octanol–water partition coefficient (Wildman–Crippen LogP) is 2.97. The van der Waals surface area contributed by atoms with E-state index < -0.39 is 5.97 Å². The number of nitrogens with zero attached hydrogens (tertiary/aromatic N) is 2. The summed E-state index contributed by atoms with van der Waals surface area (Å²) in [6, 6.07) is 1.93. The number of nitrogens with one attached hydrogen (secondary N) is 1. The van der Waals surface area contributed by atoms with Crippen LogP contribution >= 0.6 is 0 Å². The molecule has 0 saturated heterocycles. The quantitative estimate of drug-likeness (QED) is 0.707. The molecule has 5 nitrogen and oxygen atoms in total. The highest BCUT2D eigenvalue weighted by Crippen LogP contribution is 2.13. The maximum atomic E-state index is 10.4. The van der Waals surface area contributed by atoms with Crippen LogP contribution in [0.1, 0.15) is 57.0 Å². The van der Waals surface area contributed by atoms with Crippen LogP contribution < -0.4 is 5.32 Å². The third-order valence-corrected chi connectivity index (χ3v) is 2.76. The maximum absolute atomic E-state index is 10.4. The van der Waals surface area contributed by atoms with Gasteiger partial charge in [-0.15, -0.1) is 0 Å². The molecule has 0 radical (unpaired) electrons. The number of carboxylic acids is 1. The molecule has 1 aromatic rings. The van der Waals surface area contributed by atoms with Crippen LogP contribution in [0.3, 0.4) is 0 Å². The van der Waals surface area contributed by atoms with E-state index in [1.807, 2.05) is 13.0 Å². The minimum atomic E-state index is -0.721. The lowest BCUT2D eigenvalue weighted by Crippen LogP contribution is -2.08. The highest BCUT2D eigenvalue weighted by Gasteiger charge is 2.05. The van der Waals surface area contributed by atoms with Crippen molar-refractivity contribution in [2.24, 2.45) is 0 Å². The Labute approximate surface area is 114 Å². The summed E-state index contributed by atoms with van der Waals surface area (Å²) in [5.41, 5.74) is 0.965. The summed E-state index contributed by atoms with van der Waals surface area (Å²) in [5.74, 6) is 1.31. The first kappa shape index (κ1) is 15.4. The SMILES string of the molecule is Cc1cc(NCCCCCC(=O)O)nc(C(C)C)n1. The monoisotopic (exact) mass is 265 g/mol. The van der Waals surface area contributed by atoms with Gasteiger partial charge in [0.15, 0.2) is 0 Å². The second-order valence-electron chi connectivity index (χ2n) is 5.04. The summed E-state index contributed by atoms with van der Waals surface area (Å²) in [6.45, 7) is 6.92. The Kier molecular flexibility index (Phi) is 6.25. The van der Waals surface area contributed by atoms with Crippen molar-refractivity contribution in [2.75, 3.05) is 11.9 Å². The molecule has 19 heavy (non-hydrogen) atoms. The first-order valence-corrected chi connectivity index (χ1v) is 6.80. The van der Waals surface area contributed by atoms with Gasteiger partial charge < -0.3 is 10.4 Å². The van der Waals surface area contributed by atoms with E-state index in [1.54, 1.807) is 0 Å². The van der Waals surface area contributed by atoms with E-state index >= 15 is 0 Å². The summed E-state index contributed by atoms with van der Waals surface area (Å²) in [5, 5.41) is 11.8. The van der Waals surface area contributed by atoms with Crippen LogP contribution in [-0.4, -0.2) is 27.6 Å². The van der Waals surface area contributed by atoms with Crippen LogP contribution in [-0.2, 0) is 4.79 Å². The average Bonchev–Trinajstić information content (AvgIpc) is 2.32. The van der Waals surface area contributed by atoms with Crippen molar-refractivity contribution in [1.29, 1.82) is 0 Å². The van der Waals surface area contributed by atoms with E-state index in [-0.39, 0.29) is 6.42 Å². The number of carboxylic acid groups (broad SMARTS) is 1. The Morgan fingerprint density at radius 3 is 2.68 bits per heavy atom. The van der Waals surface area contributed by atoms with Gasteiger partial charge in [-0.05, 0) is 19.8 Å². The second kappa shape index (κ2) is 7.71. The molecule has 0 bridgehead atoms. The molecule has 106 valence electrons. The molecule has 0 unspecified atom stereocenters. The van der Waals surface area contributed by atoms with Gasteiger partial charge in [-0.1, -0.05) is 20.3 Å². The van der Waals surface area contributed by atoms with Crippen LogP contribution in [0.5, 0.6) is 0 Å². The van der Waals surface area contributed by atoms with Crippen LogP contribution in [0.15, 0.2) is 6.07 Å². The van der Waals surface area contributed by atoms with Crippen molar-refractivity contribution in [1.82, 2.24) is 9.97 Å². The summed E-state index contributed by atoms with van der Waals surface area (Å²) in [4.78, 5) is 19.2. The molecule has 0 aliphatic carbocycles.